The molecule has 0 bridgehead atoms. The molecule has 1 aromatic heterocycles. The van der Waals surface area contributed by atoms with E-state index in [1.807, 2.05) is 37.3 Å². The maximum atomic E-state index is 12.9. The quantitative estimate of drug-likeness (QED) is 0.536. The van der Waals surface area contributed by atoms with Gasteiger partial charge in [-0.3, -0.25) is 19.7 Å². The van der Waals surface area contributed by atoms with Crippen LogP contribution in [0.3, 0.4) is 0 Å². The summed E-state index contributed by atoms with van der Waals surface area (Å²) in [6.07, 6.45) is 0.0526. The molecule has 2 unspecified atom stereocenters. The molecule has 3 rings (SSSR count). The third-order valence-corrected chi connectivity index (χ3v) is 5.43. The van der Waals surface area contributed by atoms with Crippen LogP contribution in [0.2, 0.25) is 0 Å². The summed E-state index contributed by atoms with van der Waals surface area (Å²) in [5.74, 6) is -2.22. The molecule has 1 N–H and O–H groups in total. The van der Waals surface area contributed by atoms with Gasteiger partial charge in [0.1, 0.15) is 11.3 Å². The fourth-order valence-electron chi connectivity index (χ4n) is 3.86. The van der Waals surface area contributed by atoms with Crippen molar-refractivity contribution in [1.29, 1.82) is 0 Å². The molecule has 2 amide bonds. The van der Waals surface area contributed by atoms with E-state index in [-0.39, 0.29) is 60.1 Å². The Balaban J connectivity index is 1.79. The summed E-state index contributed by atoms with van der Waals surface area (Å²) in [6.45, 7) is 6.76. The molecule has 1 aliphatic heterocycles. The van der Waals surface area contributed by atoms with Gasteiger partial charge in [-0.15, -0.1) is 0 Å². The second-order valence-corrected chi connectivity index (χ2v) is 7.54. The highest BCUT2D eigenvalue weighted by Crippen LogP contribution is 2.32. The van der Waals surface area contributed by atoms with Crippen LogP contribution in [0.15, 0.2) is 34.7 Å². The van der Waals surface area contributed by atoms with Gasteiger partial charge in [-0.2, -0.15) is 0 Å². The fraction of sp³-hybridized carbons (Fsp3) is 0.391. The molecular formula is C23H26N2O6. The van der Waals surface area contributed by atoms with E-state index < -0.39 is 17.8 Å². The zero-order valence-electron chi connectivity index (χ0n) is 18.1. The number of carbonyl (C=O) groups excluding carboxylic acids is 4. The summed E-state index contributed by atoms with van der Waals surface area (Å²) >= 11 is 0. The van der Waals surface area contributed by atoms with Crippen LogP contribution in [-0.2, 0) is 14.3 Å². The highest BCUT2D eigenvalue weighted by Gasteiger charge is 2.38. The Bertz CT molecular complexity index is 1010. The van der Waals surface area contributed by atoms with Gasteiger partial charge in [0, 0.05) is 13.0 Å². The van der Waals surface area contributed by atoms with Gasteiger partial charge < -0.3 is 14.1 Å². The summed E-state index contributed by atoms with van der Waals surface area (Å²) in [4.78, 5) is 51.6. The zero-order chi connectivity index (χ0) is 22.7. The first kappa shape index (κ1) is 22.3. The second kappa shape index (κ2) is 9.16. The van der Waals surface area contributed by atoms with Crippen molar-refractivity contribution in [2.24, 2.45) is 5.92 Å². The molecular weight excluding hydrogens is 400 g/mol. The number of hydrogen-bond donors (Lipinski definition) is 1. The lowest BCUT2D eigenvalue weighted by atomic mass is 10.1. The Morgan fingerprint density at radius 3 is 2.52 bits per heavy atom. The van der Waals surface area contributed by atoms with E-state index >= 15 is 0 Å². The Labute approximate surface area is 180 Å². The molecule has 8 nitrogen and oxygen atoms in total. The lowest BCUT2D eigenvalue weighted by molar-refractivity contribution is -0.129. The minimum Gasteiger partial charge on any atom is -0.462 e. The van der Waals surface area contributed by atoms with Crippen LogP contribution in [0.1, 0.15) is 65.3 Å². The molecule has 2 heterocycles. The van der Waals surface area contributed by atoms with Crippen LogP contribution in [-0.4, -0.2) is 41.6 Å². The first-order chi connectivity index (χ1) is 14.7. The van der Waals surface area contributed by atoms with Crippen LogP contribution >= 0.6 is 0 Å². The van der Waals surface area contributed by atoms with Gasteiger partial charge in [0.25, 0.3) is 0 Å². The van der Waals surface area contributed by atoms with Crippen molar-refractivity contribution in [2.45, 2.75) is 40.2 Å². The highest BCUT2D eigenvalue weighted by molar-refractivity contribution is 6.11. The Kier molecular flexibility index (Phi) is 6.58. The number of benzene rings is 1. The molecule has 2 aromatic rings. The number of esters is 1. The number of furan rings is 1. The predicted octanol–water partition coefficient (Wildman–Crippen LogP) is 3.52. The van der Waals surface area contributed by atoms with Gasteiger partial charge in [-0.05, 0) is 33.3 Å². The van der Waals surface area contributed by atoms with Crippen molar-refractivity contribution in [3.63, 3.8) is 0 Å². The third-order valence-electron chi connectivity index (χ3n) is 5.43. The number of carbonyl (C=O) groups is 4. The first-order valence-electron chi connectivity index (χ1n) is 10.2. The lowest BCUT2D eigenvalue weighted by Crippen LogP contribution is -2.30. The largest absolute Gasteiger partial charge is 0.462 e. The Morgan fingerprint density at radius 1 is 1.23 bits per heavy atom. The Hall–Kier alpha value is -3.42. The summed E-state index contributed by atoms with van der Waals surface area (Å²) in [7, 11) is 0. The molecule has 164 valence electrons. The molecule has 1 fully saturated rings. The monoisotopic (exact) mass is 426 g/mol. The molecule has 0 radical (unpaired) electrons. The van der Waals surface area contributed by atoms with Crippen molar-refractivity contribution in [1.82, 2.24) is 4.90 Å². The normalized spacial score (nSPS) is 16.8. The van der Waals surface area contributed by atoms with E-state index in [4.69, 9.17) is 9.15 Å². The molecule has 31 heavy (non-hydrogen) atoms. The van der Waals surface area contributed by atoms with Crippen LogP contribution < -0.4 is 5.32 Å². The number of rotatable bonds is 7. The second-order valence-electron chi connectivity index (χ2n) is 7.54. The van der Waals surface area contributed by atoms with Crippen LogP contribution in [0.5, 0.6) is 0 Å². The van der Waals surface area contributed by atoms with Gasteiger partial charge in [0.2, 0.25) is 17.7 Å². The summed E-state index contributed by atoms with van der Waals surface area (Å²) in [5.41, 5.74) is 0.962. The van der Waals surface area contributed by atoms with Crippen LogP contribution in [0.4, 0.5) is 5.88 Å². The predicted molar refractivity (Wildman–Crippen MR) is 113 cm³/mol. The van der Waals surface area contributed by atoms with E-state index in [1.165, 1.54) is 13.8 Å². The van der Waals surface area contributed by atoms with Gasteiger partial charge >= 0.3 is 5.97 Å². The number of aryl methyl sites for hydroxylation is 1. The third kappa shape index (κ3) is 4.52. The molecule has 2 atom stereocenters. The van der Waals surface area contributed by atoms with E-state index in [2.05, 4.69) is 5.32 Å². The van der Waals surface area contributed by atoms with E-state index in [0.717, 1.165) is 5.56 Å². The Morgan fingerprint density at radius 2 is 1.90 bits per heavy atom. The molecule has 1 aliphatic rings. The summed E-state index contributed by atoms with van der Waals surface area (Å²) < 4.78 is 10.6. The van der Waals surface area contributed by atoms with Crippen LogP contribution in [0, 0.1) is 12.8 Å². The number of Topliss-reactive ketones (excluding diaryl/α,β-unsaturated/α-hetero) is 1. The summed E-state index contributed by atoms with van der Waals surface area (Å²) in [5, 5.41) is 2.59. The number of nitrogens with zero attached hydrogens (tertiary/aromatic N) is 1. The topological polar surface area (TPSA) is 106 Å². The van der Waals surface area contributed by atoms with E-state index in [9.17, 15) is 19.2 Å². The number of likely N-dealkylation sites (tertiary alicyclic amines) is 1. The molecule has 1 aromatic carbocycles. The van der Waals surface area contributed by atoms with Gasteiger partial charge in [0.05, 0.1) is 24.1 Å². The van der Waals surface area contributed by atoms with Crippen molar-refractivity contribution in [3.05, 3.63) is 52.8 Å². The number of nitrogens with one attached hydrogen (secondary N) is 1. The van der Waals surface area contributed by atoms with E-state index in [0.29, 0.717) is 0 Å². The molecule has 8 heteroatoms. The number of amides is 2. The van der Waals surface area contributed by atoms with Gasteiger partial charge in [-0.25, -0.2) is 4.79 Å². The summed E-state index contributed by atoms with van der Waals surface area (Å²) in [6, 6.07) is 9.41. The first-order valence-corrected chi connectivity index (χ1v) is 10.2. The molecule has 0 saturated carbocycles. The molecule has 0 aliphatic carbocycles. The highest BCUT2D eigenvalue weighted by atomic mass is 16.5. The number of hydrogen-bond acceptors (Lipinski definition) is 6. The average Bonchev–Trinajstić information content (AvgIpc) is 3.28. The van der Waals surface area contributed by atoms with Crippen molar-refractivity contribution < 1.29 is 28.3 Å². The van der Waals surface area contributed by atoms with Gasteiger partial charge in [0.15, 0.2) is 5.78 Å². The maximum absolute atomic E-state index is 12.9. The fourth-order valence-corrected chi connectivity index (χ4v) is 3.86. The lowest BCUT2D eigenvalue weighted by Gasteiger charge is -2.25. The zero-order valence-corrected chi connectivity index (χ0v) is 18.1. The smallest absolute Gasteiger partial charge is 0.344 e. The SMILES string of the molecule is CCOC(=O)c1c(NC(=O)C2CC(=O)N(C(C)c3ccccc3)C2)oc(C)c1C(C)=O. The maximum Gasteiger partial charge on any atom is 0.344 e. The van der Waals surface area contributed by atoms with Crippen LogP contribution in [0.25, 0.3) is 0 Å². The van der Waals surface area contributed by atoms with Crippen molar-refractivity contribution >= 4 is 29.5 Å². The van der Waals surface area contributed by atoms with Crippen molar-refractivity contribution in [2.75, 3.05) is 18.5 Å². The number of ketones is 1. The minimum atomic E-state index is -0.748. The van der Waals surface area contributed by atoms with Gasteiger partial charge in [-0.1, -0.05) is 30.3 Å². The average molecular weight is 426 g/mol. The molecule has 0 spiro atoms. The van der Waals surface area contributed by atoms with E-state index in [1.54, 1.807) is 11.8 Å². The number of ether oxygens (including phenoxy) is 1. The standard InChI is InChI=1S/C23H26N2O6/c1-5-30-23(29)20-19(14(3)26)15(4)31-22(20)24-21(28)17-11-18(27)25(12-17)13(2)16-9-7-6-8-10-16/h6-10,13,17H,5,11-12H2,1-4H3,(H,24,28). The number of anilines is 1. The minimum absolute atomic E-state index is 0.0526. The molecule has 1 saturated heterocycles. The van der Waals surface area contributed by atoms with Crippen molar-refractivity contribution in [3.8, 4) is 0 Å².